The molecule has 0 bridgehead atoms. The van der Waals surface area contributed by atoms with E-state index in [1.807, 2.05) is 0 Å². The summed E-state index contributed by atoms with van der Waals surface area (Å²) in [6.07, 6.45) is 10.3. The third kappa shape index (κ3) is 5.74. The highest BCUT2D eigenvalue weighted by molar-refractivity contribution is 7.17. The molecular formula is C24H30N2S. The Balaban J connectivity index is 1.56. The van der Waals surface area contributed by atoms with Crippen LogP contribution in [0.5, 0.6) is 0 Å². The summed E-state index contributed by atoms with van der Waals surface area (Å²) in [5.41, 5.74) is 5.09. The van der Waals surface area contributed by atoms with Crippen LogP contribution in [0.15, 0.2) is 48.5 Å². The predicted octanol–water partition coefficient (Wildman–Crippen LogP) is 7.34. The Bertz CT molecular complexity index is 803. The fraction of sp³-hybridized carbons (Fsp3) is 0.417. The summed E-state index contributed by atoms with van der Waals surface area (Å²) < 4.78 is 0. The van der Waals surface area contributed by atoms with Gasteiger partial charge >= 0.3 is 0 Å². The first-order valence-electron chi connectivity index (χ1n) is 10.3. The standard InChI is InChI=1S/C24H30N2S/c1-3-5-6-7-8-9-10-20-13-17-22(18-14-20)24-26-25-23(27-24)21-15-11-19(4-2)12-16-21/h11-18H,3-10H2,1-2H3. The third-order valence-corrected chi connectivity index (χ3v) is 6.08. The van der Waals surface area contributed by atoms with Crippen molar-refractivity contribution in [2.24, 2.45) is 0 Å². The molecule has 0 fully saturated rings. The van der Waals surface area contributed by atoms with E-state index in [2.05, 4.69) is 72.6 Å². The highest BCUT2D eigenvalue weighted by Gasteiger charge is 2.08. The molecule has 3 rings (SSSR count). The largest absolute Gasteiger partial charge is 0.148 e. The molecule has 0 spiro atoms. The van der Waals surface area contributed by atoms with Crippen molar-refractivity contribution in [3.8, 4) is 21.1 Å². The number of aryl methyl sites for hydroxylation is 2. The molecule has 0 unspecified atom stereocenters. The highest BCUT2D eigenvalue weighted by Crippen LogP contribution is 2.30. The van der Waals surface area contributed by atoms with Gasteiger partial charge in [0.1, 0.15) is 10.0 Å². The molecule has 1 aromatic heterocycles. The first-order chi connectivity index (χ1) is 13.3. The zero-order valence-electron chi connectivity index (χ0n) is 16.6. The lowest BCUT2D eigenvalue weighted by atomic mass is 10.0. The number of unbranched alkanes of at least 4 members (excludes halogenated alkanes) is 5. The van der Waals surface area contributed by atoms with Crippen molar-refractivity contribution in [3.63, 3.8) is 0 Å². The second-order valence-corrected chi connectivity index (χ2v) is 8.16. The Labute approximate surface area is 167 Å². The zero-order valence-corrected chi connectivity index (χ0v) is 17.4. The van der Waals surface area contributed by atoms with Crippen molar-refractivity contribution in [2.45, 2.75) is 65.2 Å². The molecule has 0 aliphatic carbocycles. The lowest BCUT2D eigenvalue weighted by Gasteiger charge is -2.03. The van der Waals surface area contributed by atoms with Crippen molar-refractivity contribution in [1.29, 1.82) is 0 Å². The molecular weight excluding hydrogens is 348 g/mol. The predicted molar refractivity (Wildman–Crippen MR) is 117 cm³/mol. The highest BCUT2D eigenvalue weighted by atomic mass is 32.1. The second kappa shape index (κ2) is 10.4. The number of nitrogens with zero attached hydrogens (tertiary/aromatic N) is 2. The van der Waals surface area contributed by atoms with E-state index < -0.39 is 0 Å². The van der Waals surface area contributed by atoms with Crippen LogP contribution < -0.4 is 0 Å². The average Bonchev–Trinajstić information content (AvgIpc) is 3.21. The van der Waals surface area contributed by atoms with Crippen LogP contribution >= 0.6 is 11.3 Å². The minimum atomic E-state index is 0.990. The molecule has 0 aliphatic rings. The summed E-state index contributed by atoms with van der Waals surface area (Å²) in [7, 11) is 0. The van der Waals surface area contributed by atoms with Gasteiger partial charge in [0.25, 0.3) is 0 Å². The van der Waals surface area contributed by atoms with Crippen molar-refractivity contribution in [3.05, 3.63) is 59.7 Å². The molecule has 142 valence electrons. The van der Waals surface area contributed by atoms with Gasteiger partial charge in [0.05, 0.1) is 0 Å². The smallest absolute Gasteiger partial charge is 0.138 e. The van der Waals surface area contributed by atoms with Gasteiger partial charge in [-0.1, -0.05) is 106 Å². The van der Waals surface area contributed by atoms with E-state index in [1.54, 1.807) is 11.3 Å². The zero-order chi connectivity index (χ0) is 18.9. The van der Waals surface area contributed by atoms with E-state index in [1.165, 1.54) is 56.1 Å². The topological polar surface area (TPSA) is 25.8 Å². The summed E-state index contributed by atoms with van der Waals surface area (Å²) >= 11 is 1.67. The molecule has 0 amide bonds. The van der Waals surface area contributed by atoms with Crippen LogP contribution in [0.3, 0.4) is 0 Å². The number of rotatable bonds is 10. The molecule has 0 radical (unpaired) electrons. The quantitative estimate of drug-likeness (QED) is 0.345. The molecule has 1 heterocycles. The van der Waals surface area contributed by atoms with Crippen LogP contribution in [0, 0.1) is 0 Å². The summed E-state index contributed by atoms with van der Waals surface area (Å²) in [6, 6.07) is 17.5. The van der Waals surface area contributed by atoms with Crippen LogP contribution in [0.25, 0.3) is 21.1 Å². The van der Waals surface area contributed by atoms with E-state index in [0.717, 1.165) is 27.6 Å². The van der Waals surface area contributed by atoms with Gasteiger partial charge in [-0.15, -0.1) is 10.2 Å². The van der Waals surface area contributed by atoms with Crippen LogP contribution in [0.1, 0.15) is 63.5 Å². The Morgan fingerprint density at radius 2 is 1.15 bits per heavy atom. The number of aromatic nitrogens is 2. The molecule has 0 saturated carbocycles. The van der Waals surface area contributed by atoms with E-state index in [9.17, 15) is 0 Å². The molecule has 3 aromatic rings. The molecule has 0 saturated heterocycles. The molecule has 2 nitrogen and oxygen atoms in total. The van der Waals surface area contributed by atoms with Gasteiger partial charge in [-0.05, 0) is 30.4 Å². The summed E-state index contributed by atoms with van der Waals surface area (Å²) in [5, 5.41) is 10.8. The first-order valence-corrected chi connectivity index (χ1v) is 11.1. The Morgan fingerprint density at radius 1 is 0.630 bits per heavy atom. The van der Waals surface area contributed by atoms with Gasteiger partial charge in [0.2, 0.25) is 0 Å². The maximum absolute atomic E-state index is 4.41. The minimum absolute atomic E-state index is 0.990. The van der Waals surface area contributed by atoms with Crippen molar-refractivity contribution in [2.75, 3.05) is 0 Å². The number of hydrogen-bond acceptors (Lipinski definition) is 3. The molecule has 0 N–H and O–H groups in total. The van der Waals surface area contributed by atoms with E-state index >= 15 is 0 Å². The maximum Gasteiger partial charge on any atom is 0.148 e. The van der Waals surface area contributed by atoms with Crippen molar-refractivity contribution < 1.29 is 0 Å². The second-order valence-electron chi connectivity index (χ2n) is 7.18. The van der Waals surface area contributed by atoms with E-state index in [4.69, 9.17) is 0 Å². The summed E-state index contributed by atoms with van der Waals surface area (Å²) in [5.74, 6) is 0. The third-order valence-electron chi connectivity index (χ3n) is 5.05. The fourth-order valence-corrected chi connectivity index (χ4v) is 4.12. The fourth-order valence-electron chi connectivity index (χ4n) is 3.26. The SMILES string of the molecule is CCCCCCCCc1ccc(-c2nnc(-c3ccc(CC)cc3)s2)cc1. The van der Waals surface area contributed by atoms with E-state index in [0.29, 0.717) is 0 Å². The molecule has 0 aliphatic heterocycles. The normalized spacial score (nSPS) is 11.0. The summed E-state index contributed by atoms with van der Waals surface area (Å²) in [4.78, 5) is 0. The van der Waals surface area contributed by atoms with Gasteiger partial charge < -0.3 is 0 Å². The van der Waals surface area contributed by atoms with Gasteiger partial charge in [-0.2, -0.15) is 0 Å². The molecule has 3 heteroatoms. The lowest BCUT2D eigenvalue weighted by molar-refractivity contribution is 0.607. The summed E-state index contributed by atoms with van der Waals surface area (Å²) in [6.45, 7) is 4.44. The number of benzene rings is 2. The minimum Gasteiger partial charge on any atom is -0.138 e. The Hall–Kier alpha value is -2.00. The molecule has 0 atom stereocenters. The number of hydrogen-bond donors (Lipinski definition) is 0. The van der Waals surface area contributed by atoms with Crippen LogP contribution in [0.2, 0.25) is 0 Å². The van der Waals surface area contributed by atoms with Crippen molar-refractivity contribution >= 4 is 11.3 Å². The van der Waals surface area contributed by atoms with Crippen molar-refractivity contribution in [1.82, 2.24) is 10.2 Å². The van der Waals surface area contributed by atoms with Gasteiger partial charge in [0, 0.05) is 11.1 Å². The lowest BCUT2D eigenvalue weighted by Crippen LogP contribution is -1.87. The first kappa shape index (κ1) is 19.8. The molecule has 2 aromatic carbocycles. The Kier molecular flexibility index (Phi) is 7.58. The van der Waals surface area contributed by atoms with Gasteiger partial charge in [0.15, 0.2) is 0 Å². The molecule has 27 heavy (non-hydrogen) atoms. The average molecular weight is 379 g/mol. The van der Waals surface area contributed by atoms with Crippen LogP contribution in [-0.2, 0) is 12.8 Å². The Morgan fingerprint density at radius 3 is 1.70 bits per heavy atom. The van der Waals surface area contributed by atoms with E-state index in [-0.39, 0.29) is 0 Å². The van der Waals surface area contributed by atoms with Crippen LogP contribution in [-0.4, -0.2) is 10.2 Å². The van der Waals surface area contributed by atoms with Gasteiger partial charge in [-0.3, -0.25) is 0 Å². The monoisotopic (exact) mass is 378 g/mol. The maximum atomic E-state index is 4.41. The van der Waals surface area contributed by atoms with Gasteiger partial charge in [-0.25, -0.2) is 0 Å². The van der Waals surface area contributed by atoms with Crippen LogP contribution in [0.4, 0.5) is 0 Å².